The molecular weight excluding hydrogens is 724 g/mol. The summed E-state index contributed by atoms with van der Waals surface area (Å²) in [5, 5.41) is 4.55. The van der Waals surface area contributed by atoms with Gasteiger partial charge in [0.2, 0.25) is 5.52 Å². The Hall–Kier alpha value is -1.39. The summed E-state index contributed by atoms with van der Waals surface area (Å²) in [5.74, 6) is 0. The molecule has 0 aliphatic carbocycles. The number of nitrogens with zero attached hydrogens (tertiary/aromatic N) is 3. The fourth-order valence-electron chi connectivity index (χ4n) is 3.47. The van der Waals surface area contributed by atoms with Gasteiger partial charge < -0.3 is 34.5 Å². The van der Waals surface area contributed by atoms with Crippen molar-refractivity contribution >= 4 is 90.0 Å². The van der Waals surface area contributed by atoms with E-state index in [0.29, 0.717) is 0 Å². The van der Waals surface area contributed by atoms with Gasteiger partial charge in [-0.3, -0.25) is 9.97 Å². The van der Waals surface area contributed by atoms with Crippen LogP contribution in [0, 0.1) is 0 Å². The smallest absolute Gasteiger partial charge is 0.418 e. The summed E-state index contributed by atoms with van der Waals surface area (Å²) >= 11 is 6.84. The van der Waals surface area contributed by atoms with Crippen LogP contribution in [0.15, 0.2) is 94.4 Å². The SMILES string of the molecule is Brc1cnc2c(ccc3ccc[nH+]c32)c1.Brc1cnc2c(ccc3cccnc32)c1.F[B-](F)(F)F.F[B-](F)(F)F.[Na+].[Na+]. The van der Waals surface area contributed by atoms with Crippen molar-refractivity contribution in [2.45, 2.75) is 0 Å². The van der Waals surface area contributed by atoms with Gasteiger partial charge in [0.1, 0.15) is 5.52 Å². The molecule has 0 spiro atoms. The van der Waals surface area contributed by atoms with Gasteiger partial charge in [0.15, 0.2) is 6.20 Å². The van der Waals surface area contributed by atoms with Crippen LogP contribution < -0.4 is 64.1 Å². The van der Waals surface area contributed by atoms with E-state index in [0.717, 1.165) is 47.2 Å². The van der Waals surface area contributed by atoms with Crippen molar-refractivity contribution in [2.75, 3.05) is 0 Å². The molecule has 4 nitrogen and oxygen atoms in total. The van der Waals surface area contributed by atoms with Crippen molar-refractivity contribution in [2.24, 2.45) is 0 Å². The van der Waals surface area contributed by atoms with Gasteiger partial charge in [-0.05, 0) is 62.2 Å². The van der Waals surface area contributed by atoms with Crippen LogP contribution in [-0.4, -0.2) is 29.5 Å². The summed E-state index contributed by atoms with van der Waals surface area (Å²) in [6.07, 6.45) is 7.34. The Morgan fingerprint density at radius 3 is 1.55 bits per heavy atom. The first-order chi connectivity index (χ1) is 18.7. The number of hydrogen-bond donors (Lipinski definition) is 0. The number of halogens is 10. The molecule has 0 saturated carbocycles. The molecule has 0 aliphatic heterocycles. The van der Waals surface area contributed by atoms with E-state index in [-0.39, 0.29) is 59.1 Å². The van der Waals surface area contributed by atoms with E-state index in [9.17, 15) is 34.5 Å². The maximum Gasteiger partial charge on any atom is 1.00 e. The van der Waals surface area contributed by atoms with Crippen LogP contribution in [-0.2, 0) is 0 Å². The van der Waals surface area contributed by atoms with Crippen molar-refractivity contribution in [1.29, 1.82) is 0 Å². The fourth-order valence-corrected chi connectivity index (χ4v) is 4.17. The van der Waals surface area contributed by atoms with Gasteiger partial charge in [-0.1, -0.05) is 24.3 Å². The van der Waals surface area contributed by atoms with E-state index < -0.39 is 14.5 Å². The summed E-state index contributed by atoms with van der Waals surface area (Å²) < 4.78 is 80.0. The van der Waals surface area contributed by atoms with Gasteiger partial charge >= 0.3 is 73.6 Å². The molecule has 2 aromatic carbocycles. The molecule has 18 heteroatoms. The van der Waals surface area contributed by atoms with Crippen LogP contribution in [0.25, 0.3) is 43.6 Å². The number of benzene rings is 2. The number of H-pyrrole nitrogens is 1. The topological polar surface area (TPSA) is 52.8 Å². The van der Waals surface area contributed by atoms with Crippen molar-refractivity contribution in [3.8, 4) is 0 Å². The van der Waals surface area contributed by atoms with Crippen LogP contribution >= 0.6 is 31.9 Å². The molecule has 0 amide bonds. The number of aromatic amines is 1. The van der Waals surface area contributed by atoms with Gasteiger partial charge in [-0.15, -0.1) is 0 Å². The largest absolute Gasteiger partial charge is 1.00 e. The number of hydrogen-bond acceptors (Lipinski definition) is 3. The molecule has 6 rings (SSSR count). The van der Waals surface area contributed by atoms with Crippen LogP contribution in [0.1, 0.15) is 0 Å². The van der Waals surface area contributed by atoms with Crippen LogP contribution in [0.2, 0.25) is 0 Å². The molecule has 1 N–H and O–H groups in total. The number of fused-ring (bicyclic) bond motifs is 6. The van der Waals surface area contributed by atoms with E-state index in [1.807, 2.05) is 30.6 Å². The molecule has 0 bridgehead atoms. The standard InChI is InChI=1S/2C12H7BrN2.2BF4.2Na/c2*13-10-6-9-4-3-8-2-1-5-14-11(8)12(9)15-7-10;2*2-1(3,4)5;;/h2*1-7H;;;;/q;;2*-1;2*+1/p+1. The summed E-state index contributed by atoms with van der Waals surface area (Å²) in [5.41, 5.74) is 4.01. The molecule has 208 valence electrons. The van der Waals surface area contributed by atoms with E-state index in [4.69, 9.17) is 0 Å². The average molecular weight is 739 g/mol. The molecule has 4 heterocycles. The normalized spacial score (nSPS) is 10.7. The predicted molar refractivity (Wildman–Crippen MR) is 149 cm³/mol. The summed E-state index contributed by atoms with van der Waals surface area (Å²) in [4.78, 5) is 16.4. The van der Waals surface area contributed by atoms with Gasteiger partial charge in [0.25, 0.3) is 0 Å². The Balaban J connectivity index is 0.000000310. The quantitative estimate of drug-likeness (QED) is 0.137. The maximum atomic E-state index is 9.75. The number of nitrogens with one attached hydrogen (secondary N) is 1. The predicted octanol–water partition coefficient (Wildman–Crippen LogP) is 3.12. The maximum absolute atomic E-state index is 9.75. The van der Waals surface area contributed by atoms with Gasteiger partial charge in [-0.2, -0.15) is 0 Å². The van der Waals surface area contributed by atoms with Crippen molar-refractivity contribution in [3.05, 3.63) is 94.4 Å². The fraction of sp³-hybridized carbons (Fsp3) is 0. The third kappa shape index (κ3) is 13.1. The van der Waals surface area contributed by atoms with Crippen LogP contribution in [0.5, 0.6) is 0 Å². The zero-order chi connectivity index (χ0) is 29.5. The minimum Gasteiger partial charge on any atom is -0.418 e. The minimum absolute atomic E-state index is 0. The van der Waals surface area contributed by atoms with Crippen LogP contribution in [0.3, 0.4) is 0 Å². The Morgan fingerprint density at radius 1 is 0.548 bits per heavy atom. The number of aromatic nitrogens is 4. The van der Waals surface area contributed by atoms with Crippen LogP contribution in [0.4, 0.5) is 34.5 Å². The molecule has 0 saturated heterocycles. The van der Waals surface area contributed by atoms with E-state index in [1.54, 1.807) is 12.4 Å². The second kappa shape index (κ2) is 17.2. The van der Waals surface area contributed by atoms with Crippen molar-refractivity contribution in [3.63, 3.8) is 0 Å². The Bertz CT molecular complexity index is 1620. The summed E-state index contributed by atoms with van der Waals surface area (Å²) in [6.45, 7) is 0. The van der Waals surface area contributed by atoms with E-state index >= 15 is 0 Å². The third-order valence-electron chi connectivity index (χ3n) is 4.84. The van der Waals surface area contributed by atoms with Gasteiger partial charge in [0.05, 0.1) is 11.0 Å². The molecule has 6 aromatic rings. The van der Waals surface area contributed by atoms with Gasteiger partial charge in [-0.25, -0.2) is 9.97 Å². The Morgan fingerprint density at radius 2 is 0.976 bits per heavy atom. The Kier molecular flexibility index (Phi) is 15.8. The first kappa shape index (κ1) is 38.6. The zero-order valence-electron chi connectivity index (χ0n) is 21.9. The first-order valence-electron chi connectivity index (χ1n) is 11.1. The molecule has 0 aliphatic rings. The number of pyridine rings is 4. The molecule has 42 heavy (non-hydrogen) atoms. The molecule has 0 radical (unpaired) electrons. The molecule has 0 atom stereocenters. The van der Waals surface area contributed by atoms with E-state index in [2.05, 4.69) is 94.3 Å². The first-order valence-corrected chi connectivity index (χ1v) is 12.7. The summed E-state index contributed by atoms with van der Waals surface area (Å²) in [6, 6.07) is 20.5. The van der Waals surface area contributed by atoms with Gasteiger partial charge in [0, 0.05) is 55.1 Å². The average Bonchev–Trinajstić information content (AvgIpc) is 2.86. The second-order valence-corrected chi connectivity index (χ2v) is 9.61. The third-order valence-corrected chi connectivity index (χ3v) is 5.71. The van der Waals surface area contributed by atoms with Crippen molar-refractivity contribution < 1.29 is 98.6 Å². The summed E-state index contributed by atoms with van der Waals surface area (Å²) in [7, 11) is -12.0. The minimum atomic E-state index is -6.00. The molecule has 0 unspecified atom stereocenters. The van der Waals surface area contributed by atoms with Crippen molar-refractivity contribution in [1.82, 2.24) is 15.0 Å². The molecule has 0 fully saturated rings. The van der Waals surface area contributed by atoms with E-state index in [1.165, 1.54) is 5.39 Å². The molecule has 4 aromatic heterocycles. The molecular formula is C24H15B2Br2F8N4Na2+. The second-order valence-electron chi connectivity index (χ2n) is 7.78. The zero-order valence-corrected chi connectivity index (χ0v) is 29.0. The Labute approximate surface area is 295 Å². The monoisotopic (exact) mass is 737 g/mol. The number of rotatable bonds is 0.